The summed E-state index contributed by atoms with van der Waals surface area (Å²) in [5, 5.41) is 0. The summed E-state index contributed by atoms with van der Waals surface area (Å²) < 4.78 is 10.5. The molecular weight excluding hydrogens is 188 g/mol. The van der Waals surface area contributed by atoms with Crippen molar-refractivity contribution in [2.45, 2.75) is 12.8 Å². The van der Waals surface area contributed by atoms with Crippen molar-refractivity contribution in [1.82, 2.24) is 0 Å². The highest BCUT2D eigenvalue weighted by atomic mass is 35.5. The Hall–Kier alpha value is -0.890. The smallest absolute Gasteiger partial charge is 0.231 e. The van der Waals surface area contributed by atoms with Gasteiger partial charge in [-0.05, 0) is 30.5 Å². The minimum Gasteiger partial charge on any atom is -0.454 e. The minimum absolute atomic E-state index is 0.342. The van der Waals surface area contributed by atoms with Crippen LogP contribution in [0.5, 0.6) is 11.5 Å². The van der Waals surface area contributed by atoms with Crippen molar-refractivity contribution in [2.75, 3.05) is 12.7 Å². The average molecular weight is 199 g/mol. The van der Waals surface area contributed by atoms with Crippen LogP contribution in [0.25, 0.3) is 0 Å². The lowest BCUT2D eigenvalue weighted by molar-refractivity contribution is 0.174. The van der Waals surface area contributed by atoms with Crippen molar-refractivity contribution >= 4 is 11.6 Å². The van der Waals surface area contributed by atoms with E-state index in [2.05, 4.69) is 6.07 Å². The van der Waals surface area contributed by atoms with Crippen LogP contribution in [0, 0.1) is 0 Å². The number of hydrogen-bond donors (Lipinski definition) is 0. The van der Waals surface area contributed by atoms with Gasteiger partial charge in [0.2, 0.25) is 6.79 Å². The molecule has 0 amide bonds. The van der Waals surface area contributed by atoms with E-state index in [1.54, 1.807) is 0 Å². The molecule has 1 heterocycles. The Bertz CT molecular complexity index is 299. The molecule has 1 aromatic rings. The van der Waals surface area contributed by atoms with E-state index in [1.807, 2.05) is 12.1 Å². The summed E-state index contributed by atoms with van der Waals surface area (Å²) in [4.78, 5) is 0. The molecule has 0 aliphatic carbocycles. The van der Waals surface area contributed by atoms with E-state index in [9.17, 15) is 0 Å². The molecule has 0 N–H and O–H groups in total. The van der Waals surface area contributed by atoms with E-state index in [4.69, 9.17) is 21.1 Å². The molecule has 0 saturated heterocycles. The maximum absolute atomic E-state index is 5.61. The lowest BCUT2D eigenvalue weighted by atomic mass is 10.1. The largest absolute Gasteiger partial charge is 0.454 e. The third kappa shape index (κ3) is 1.89. The average Bonchev–Trinajstić information content (AvgIpc) is 2.61. The first-order valence-electron chi connectivity index (χ1n) is 4.34. The fraction of sp³-hybridized carbons (Fsp3) is 0.400. The third-order valence-corrected chi connectivity index (χ3v) is 2.30. The van der Waals surface area contributed by atoms with Gasteiger partial charge in [-0.25, -0.2) is 0 Å². The summed E-state index contributed by atoms with van der Waals surface area (Å²) >= 11 is 5.61. The highest BCUT2D eigenvalue weighted by molar-refractivity contribution is 6.17. The number of rotatable bonds is 3. The zero-order valence-electron chi connectivity index (χ0n) is 7.25. The second kappa shape index (κ2) is 3.88. The van der Waals surface area contributed by atoms with Gasteiger partial charge in [-0.2, -0.15) is 0 Å². The van der Waals surface area contributed by atoms with Gasteiger partial charge in [-0.15, -0.1) is 11.6 Å². The number of ether oxygens (including phenoxy) is 2. The van der Waals surface area contributed by atoms with E-state index in [1.165, 1.54) is 5.56 Å². The fourth-order valence-electron chi connectivity index (χ4n) is 1.37. The molecule has 0 bridgehead atoms. The Morgan fingerprint density at radius 2 is 2.08 bits per heavy atom. The molecule has 2 rings (SSSR count). The van der Waals surface area contributed by atoms with Crippen LogP contribution in [0.1, 0.15) is 12.0 Å². The first kappa shape index (κ1) is 8.70. The van der Waals surface area contributed by atoms with Gasteiger partial charge in [0.05, 0.1) is 0 Å². The van der Waals surface area contributed by atoms with Crippen LogP contribution in [0.15, 0.2) is 18.2 Å². The van der Waals surface area contributed by atoms with Crippen LogP contribution in [-0.2, 0) is 6.42 Å². The molecule has 1 aromatic carbocycles. The number of halogens is 1. The summed E-state index contributed by atoms with van der Waals surface area (Å²) in [6.07, 6.45) is 2.00. The summed E-state index contributed by atoms with van der Waals surface area (Å²) in [5.41, 5.74) is 1.25. The minimum atomic E-state index is 0.342. The fourth-order valence-corrected chi connectivity index (χ4v) is 1.50. The van der Waals surface area contributed by atoms with Gasteiger partial charge in [-0.1, -0.05) is 6.07 Å². The van der Waals surface area contributed by atoms with Crippen molar-refractivity contribution in [1.29, 1.82) is 0 Å². The summed E-state index contributed by atoms with van der Waals surface area (Å²) in [5.74, 6) is 2.40. The molecule has 2 nitrogen and oxygen atoms in total. The van der Waals surface area contributed by atoms with Crippen LogP contribution < -0.4 is 9.47 Å². The van der Waals surface area contributed by atoms with Gasteiger partial charge in [-0.3, -0.25) is 0 Å². The predicted molar refractivity (Wildman–Crippen MR) is 51.6 cm³/mol. The second-order valence-corrected chi connectivity index (χ2v) is 3.36. The molecule has 13 heavy (non-hydrogen) atoms. The number of fused-ring (bicyclic) bond motifs is 1. The van der Waals surface area contributed by atoms with E-state index < -0.39 is 0 Å². The Morgan fingerprint density at radius 3 is 2.92 bits per heavy atom. The molecule has 1 aliphatic rings. The van der Waals surface area contributed by atoms with E-state index in [-0.39, 0.29) is 0 Å². The quantitative estimate of drug-likeness (QED) is 0.696. The van der Waals surface area contributed by atoms with Gasteiger partial charge in [0.25, 0.3) is 0 Å². The number of aryl methyl sites for hydroxylation is 1. The van der Waals surface area contributed by atoms with E-state index in [0.29, 0.717) is 12.7 Å². The van der Waals surface area contributed by atoms with Crippen LogP contribution in [0.3, 0.4) is 0 Å². The topological polar surface area (TPSA) is 18.5 Å². The second-order valence-electron chi connectivity index (χ2n) is 2.98. The van der Waals surface area contributed by atoms with Crippen molar-refractivity contribution in [2.24, 2.45) is 0 Å². The highest BCUT2D eigenvalue weighted by Crippen LogP contribution is 2.32. The Morgan fingerprint density at radius 1 is 1.23 bits per heavy atom. The lowest BCUT2D eigenvalue weighted by Gasteiger charge is -2.00. The molecule has 0 aromatic heterocycles. The van der Waals surface area contributed by atoms with Crippen molar-refractivity contribution in [3.8, 4) is 11.5 Å². The van der Waals surface area contributed by atoms with E-state index >= 15 is 0 Å². The Kier molecular flexibility index (Phi) is 2.60. The predicted octanol–water partition coefficient (Wildman–Crippen LogP) is 2.59. The molecule has 0 radical (unpaired) electrons. The zero-order chi connectivity index (χ0) is 9.10. The molecule has 1 aliphatic heterocycles. The highest BCUT2D eigenvalue weighted by Gasteiger charge is 2.12. The SMILES string of the molecule is ClCCCc1ccc2c(c1)OCO2. The van der Waals surface area contributed by atoms with Gasteiger partial charge in [0, 0.05) is 5.88 Å². The molecule has 0 atom stereocenters. The normalized spacial score (nSPS) is 13.3. The monoisotopic (exact) mass is 198 g/mol. The van der Waals surface area contributed by atoms with Gasteiger partial charge in [0.15, 0.2) is 11.5 Å². The summed E-state index contributed by atoms with van der Waals surface area (Å²) in [6.45, 7) is 0.342. The maximum atomic E-state index is 5.61. The molecule has 70 valence electrons. The molecule has 0 saturated carbocycles. The van der Waals surface area contributed by atoms with Gasteiger partial charge in [0.1, 0.15) is 0 Å². The molecule has 0 unspecified atom stereocenters. The van der Waals surface area contributed by atoms with Crippen molar-refractivity contribution in [3.05, 3.63) is 23.8 Å². The van der Waals surface area contributed by atoms with Gasteiger partial charge < -0.3 is 9.47 Å². The number of alkyl halides is 1. The van der Waals surface area contributed by atoms with Crippen LogP contribution in [0.4, 0.5) is 0 Å². The lowest BCUT2D eigenvalue weighted by Crippen LogP contribution is -1.93. The molecule has 3 heteroatoms. The van der Waals surface area contributed by atoms with Crippen LogP contribution >= 0.6 is 11.6 Å². The van der Waals surface area contributed by atoms with Crippen LogP contribution in [-0.4, -0.2) is 12.7 Å². The third-order valence-electron chi connectivity index (χ3n) is 2.04. The van der Waals surface area contributed by atoms with Gasteiger partial charge >= 0.3 is 0 Å². The summed E-state index contributed by atoms with van der Waals surface area (Å²) in [7, 11) is 0. The molecular formula is C10H11ClO2. The summed E-state index contributed by atoms with van der Waals surface area (Å²) in [6, 6.07) is 6.03. The van der Waals surface area contributed by atoms with Crippen molar-refractivity contribution < 1.29 is 9.47 Å². The first-order valence-corrected chi connectivity index (χ1v) is 4.88. The van der Waals surface area contributed by atoms with Crippen LogP contribution in [0.2, 0.25) is 0 Å². The standard InChI is InChI=1S/C10H11ClO2/c11-5-1-2-8-3-4-9-10(6-8)13-7-12-9/h3-4,6H,1-2,5,7H2. The molecule has 0 fully saturated rings. The number of benzene rings is 1. The number of hydrogen-bond acceptors (Lipinski definition) is 2. The Balaban J connectivity index is 2.12. The zero-order valence-corrected chi connectivity index (χ0v) is 8.01. The van der Waals surface area contributed by atoms with E-state index in [0.717, 1.165) is 24.3 Å². The first-order chi connectivity index (χ1) is 6.40. The maximum Gasteiger partial charge on any atom is 0.231 e. The Labute approximate surface area is 82.4 Å². The van der Waals surface area contributed by atoms with Crippen molar-refractivity contribution in [3.63, 3.8) is 0 Å². The molecule has 0 spiro atoms.